The predicted octanol–water partition coefficient (Wildman–Crippen LogP) is 4.17. The first kappa shape index (κ1) is 13.7. The lowest BCUT2D eigenvalue weighted by Gasteiger charge is -2.09. The topological polar surface area (TPSA) is 37.8 Å². The van der Waals surface area contributed by atoms with Crippen molar-refractivity contribution in [3.05, 3.63) is 64.9 Å². The molecule has 0 aliphatic heterocycles. The Bertz CT molecular complexity index is 808. The monoisotopic (exact) mass is 305 g/mol. The summed E-state index contributed by atoms with van der Waals surface area (Å²) in [6.07, 6.45) is 1.43. The molecule has 2 aromatic carbocycles. The first-order chi connectivity index (χ1) is 10.1. The minimum Gasteiger partial charge on any atom is -0.365 e. The number of hydrogen-bond donors (Lipinski definition) is 1. The molecule has 1 aromatic heterocycles. The van der Waals surface area contributed by atoms with Crippen LogP contribution in [0.2, 0.25) is 5.02 Å². The number of nitrogens with zero attached hydrogens (tertiary/aromatic N) is 2. The molecule has 0 saturated carbocycles. The molecule has 106 valence electrons. The number of benzene rings is 2. The number of rotatable bonds is 3. The van der Waals surface area contributed by atoms with E-state index in [1.165, 1.54) is 12.4 Å². The first-order valence-electron chi connectivity index (χ1n) is 6.21. The zero-order valence-electron chi connectivity index (χ0n) is 10.8. The molecule has 0 fully saturated rings. The summed E-state index contributed by atoms with van der Waals surface area (Å²) < 4.78 is 26.0. The van der Waals surface area contributed by atoms with Crippen molar-refractivity contribution in [1.29, 1.82) is 0 Å². The first-order valence-corrected chi connectivity index (χ1v) is 6.59. The van der Waals surface area contributed by atoms with E-state index >= 15 is 0 Å². The normalized spacial score (nSPS) is 10.8. The molecule has 0 aliphatic rings. The molecule has 1 heterocycles. The average molecular weight is 306 g/mol. The zero-order valence-corrected chi connectivity index (χ0v) is 11.5. The summed E-state index contributed by atoms with van der Waals surface area (Å²) in [6.45, 7) is 0.315. The minimum atomic E-state index is -0.870. The third kappa shape index (κ3) is 2.92. The van der Waals surface area contributed by atoms with Gasteiger partial charge >= 0.3 is 0 Å². The summed E-state index contributed by atoms with van der Waals surface area (Å²) in [5.41, 5.74) is 1.37. The highest BCUT2D eigenvalue weighted by Gasteiger charge is 2.06. The van der Waals surface area contributed by atoms with E-state index in [1.54, 1.807) is 18.2 Å². The van der Waals surface area contributed by atoms with Crippen LogP contribution in [0.3, 0.4) is 0 Å². The Balaban J connectivity index is 1.88. The van der Waals surface area contributed by atoms with Crippen LogP contribution >= 0.6 is 11.6 Å². The van der Waals surface area contributed by atoms with Gasteiger partial charge in [-0.2, -0.15) is 0 Å². The molecule has 3 rings (SSSR count). The van der Waals surface area contributed by atoms with Crippen molar-refractivity contribution < 1.29 is 8.78 Å². The van der Waals surface area contributed by atoms with Gasteiger partial charge in [0.1, 0.15) is 12.1 Å². The molecule has 0 spiro atoms. The van der Waals surface area contributed by atoms with E-state index in [-0.39, 0.29) is 0 Å². The summed E-state index contributed by atoms with van der Waals surface area (Å²) in [6, 6.07) is 9.06. The van der Waals surface area contributed by atoms with Gasteiger partial charge in [-0.05, 0) is 35.9 Å². The van der Waals surface area contributed by atoms with Crippen LogP contribution in [0.5, 0.6) is 0 Å². The van der Waals surface area contributed by atoms with Crippen molar-refractivity contribution in [1.82, 2.24) is 9.97 Å². The van der Waals surface area contributed by atoms with Gasteiger partial charge in [0, 0.05) is 17.0 Å². The Morgan fingerprint density at radius 3 is 2.67 bits per heavy atom. The molecule has 6 heteroatoms. The van der Waals surface area contributed by atoms with Crippen LogP contribution < -0.4 is 5.32 Å². The highest BCUT2D eigenvalue weighted by Crippen LogP contribution is 2.23. The van der Waals surface area contributed by atoms with Gasteiger partial charge in [0.05, 0.1) is 5.52 Å². The fraction of sp³-hybridized carbons (Fsp3) is 0.0667. The third-order valence-corrected chi connectivity index (χ3v) is 3.28. The Morgan fingerprint density at radius 1 is 1.00 bits per heavy atom. The number of fused-ring (bicyclic) bond motifs is 1. The molecule has 3 nitrogen and oxygen atoms in total. The van der Waals surface area contributed by atoms with E-state index in [0.717, 1.165) is 23.0 Å². The maximum absolute atomic E-state index is 13.2. The van der Waals surface area contributed by atoms with Crippen LogP contribution in [0.4, 0.5) is 14.6 Å². The molecule has 0 unspecified atom stereocenters. The second-order valence-electron chi connectivity index (χ2n) is 4.49. The largest absolute Gasteiger partial charge is 0.365 e. The highest BCUT2D eigenvalue weighted by atomic mass is 35.5. The quantitative estimate of drug-likeness (QED) is 0.789. The lowest BCUT2D eigenvalue weighted by atomic mass is 10.2. The standard InChI is InChI=1S/C15H10ClF2N3/c16-10-2-4-14-11(6-10)15(21-8-20-14)19-7-9-1-3-12(17)13(18)5-9/h1-6,8H,7H2,(H,19,20,21). The summed E-state index contributed by atoms with van der Waals surface area (Å²) in [4.78, 5) is 8.30. The second kappa shape index (κ2) is 5.61. The van der Waals surface area contributed by atoms with Crippen molar-refractivity contribution in [3.63, 3.8) is 0 Å². The molecule has 0 bridgehead atoms. The number of nitrogens with one attached hydrogen (secondary N) is 1. The van der Waals surface area contributed by atoms with Crippen LogP contribution in [0.1, 0.15) is 5.56 Å². The van der Waals surface area contributed by atoms with Crippen LogP contribution in [0.25, 0.3) is 10.9 Å². The Hall–Kier alpha value is -2.27. The van der Waals surface area contributed by atoms with Gasteiger partial charge in [0.2, 0.25) is 0 Å². The maximum atomic E-state index is 13.2. The fourth-order valence-electron chi connectivity index (χ4n) is 2.01. The van der Waals surface area contributed by atoms with E-state index in [9.17, 15) is 8.78 Å². The summed E-state index contributed by atoms with van der Waals surface area (Å²) in [5, 5.41) is 4.43. The number of aromatic nitrogens is 2. The molecular formula is C15H10ClF2N3. The third-order valence-electron chi connectivity index (χ3n) is 3.04. The SMILES string of the molecule is Fc1ccc(CNc2ncnc3ccc(Cl)cc23)cc1F. The van der Waals surface area contributed by atoms with Crippen LogP contribution in [-0.2, 0) is 6.54 Å². The average Bonchev–Trinajstić information content (AvgIpc) is 2.48. The van der Waals surface area contributed by atoms with Crippen LogP contribution in [0.15, 0.2) is 42.7 Å². The minimum absolute atomic E-state index is 0.315. The summed E-state index contributed by atoms with van der Waals surface area (Å²) >= 11 is 5.97. The lowest BCUT2D eigenvalue weighted by molar-refractivity contribution is 0.507. The maximum Gasteiger partial charge on any atom is 0.159 e. The van der Waals surface area contributed by atoms with E-state index in [2.05, 4.69) is 15.3 Å². The number of halogens is 3. The Labute approximate surface area is 124 Å². The highest BCUT2D eigenvalue weighted by molar-refractivity contribution is 6.31. The smallest absolute Gasteiger partial charge is 0.159 e. The van der Waals surface area contributed by atoms with Gasteiger partial charge < -0.3 is 5.32 Å². The number of hydrogen-bond acceptors (Lipinski definition) is 3. The van der Waals surface area contributed by atoms with E-state index < -0.39 is 11.6 Å². The van der Waals surface area contributed by atoms with Crippen molar-refractivity contribution in [2.75, 3.05) is 5.32 Å². The van der Waals surface area contributed by atoms with Gasteiger partial charge in [-0.25, -0.2) is 18.7 Å². The molecule has 21 heavy (non-hydrogen) atoms. The lowest BCUT2D eigenvalue weighted by Crippen LogP contribution is -2.03. The van der Waals surface area contributed by atoms with Crippen molar-refractivity contribution in [2.24, 2.45) is 0 Å². The van der Waals surface area contributed by atoms with E-state index in [1.807, 2.05) is 0 Å². The Kier molecular flexibility index (Phi) is 3.66. The van der Waals surface area contributed by atoms with Gasteiger partial charge in [0.15, 0.2) is 11.6 Å². The van der Waals surface area contributed by atoms with Crippen molar-refractivity contribution in [2.45, 2.75) is 6.54 Å². The van der Waals surface area contributed by atoms with E-state index in [0.29, 0.717) is 22.9 Å². The van der Waals surface area contributed by atoms with Gasteiger partial charge in [-0.3, -0.25) is 0 Å². The van der Waals surface area contributed by atoms with Crippen LogP contribution in [-0.4, -0.2) is 9.97 Å². The molecule has 0 aliphatic carbocycles. The van der Waals surface area contributed by atoms with Crippen LogP contribution in [0, 0.1) is 11.6 Å². The number of anilines is 1. The van der Waals surface area contributed by atoms with E-state index in [4.69, 9.17) is 11.6 Å². The molecule has 0 atom stereocenters. The summed E-state index contributed by atoms with van der Waals surface area (Å²) in [5.74, 6) is -1.14. The second-order valence-corrected chi connectivity index (χ2v) is 4.92. The Morgan fingerprint density at radius 2 is 1.86 bits per heavy atom. The van der Waals surface area contributed by atoms with Gasteiger partial charge in [-0.15, -0.1) is 0 Å². The van der Waals surface area contributed by atoms with Gasteiger partial charge in [-0.1, -0.05) is 17.7 Å². The van der Waals surface area contributed by atoms with Crippen molar-refractivity contribution in [3.8, 4) is 0 Å². The molecule has 0 amide bonds. The van der Waals surface area contributed by atoms with Gasteiger partial charge in [0.25, 0.3) is 0 Å². The molecule has 0 saturated heterocycles. The summed E-state index contributed by atoms with van der Waals surface area (Å²) in [7, 11) is 0. The van der Waals surface area contributed by atoms with Crippen molar-refractivity contribution >= 4 is 28.3 Å². The predicted molar refractivity (Wildman–Crippen MR) is 78.2 cm³/mol. The molecule has 1 N–H and O–H groups in total. The molecule has 0 radical (unpaired) electrons. The zero-order chi connectivity index (χ0) is 14.8. The molecular weight excluding hydrogens is 296 g/mol. The molecule has 3 aromatic rings. The fourth-order valence-corrected chi connectivity index (χ4v) is 2.18.